The summed E-state index contributed by atoms with van der Waals surface area (Å²) >= 11 is 0. The summed E-state index contributed by atoms with van der Waals surface area (Å²) in [6.07, 6.45) is 1.97. The van der Waals surface area contributed by atoms with Gasteiger partial charge >= 0.3 is 0 Å². The second-order valence-electron chi connectivity index (χ2n) is 3.68. The molecular formula is C12H13N3O3. The molecule has 1 rings (SSSR count). The highest BCUT2D eigenvalue weighted by Crippen LogP contribution is 2.11. The van der Waals surface area contributed by atoms with Crippen molar-refractivity contribution in [3.63, 3.8) is 0 Å². The van der Waals surface area contributed by atoms with Crippen molar-refractivity contribution in [3.05, 3.63) is 39.9 Å². The molecular weight excluding hydrogens is 234 g/mol. The number of nitrogens with zero attached hydrogens (tertiary/aromatic N) is 2. The molecule has 6 heteroatoms. The van der Waals surface area contributed by atoms with Crippen LogP contribution in [0.15, 0.2) is 24.3 Å². The number of nitriles is 1. The Morgan fingerprint density at radius 3 is 2.56 bits per heavy atom. The number of nitrogens with one attached hydrogen (secondary N) is 1. The Morgan fingerprint density at radius 2 is 2.00 bits per heavy atom. The van der Waals surface area contributed by atoms with E-state index in [1.165, 1.54) is 24.3 Å². The van der Waals surface area contributed by atoms with Gasteiger partial charge in [-0.15, -0.1) is 0 Å². The van der Waals surface area contributed by atoms with Gasteiger partial charge in [0, 0.05) is 30.7 Å². The highest BCUT2D eigenvalue weighted by Gasteiger charge is 2.08. The minimum atomic E-state index is -0.510. The number of nitro groups is 1. The van der Waals surface area contributed by atoms with Crippen molar-refractivity contribution < 1.29 is 9.72 Å². The summed E-state index contributed by atoms with van der Waals surface area (Å²) in [5.74, 6) is -0.262. The second-order valence-corrected chi connectivity index (χ2v) is 3.68. The molecule has 0 saturated carbocycles. The fraction of sp³-hybridized carbons (Fsp3) is 0.333. The molecule has 6 nitrogen and oxygen atoms in total. The zero-order chi connectivity index (χ0) is 13.4. The first-order valence-corrected chi connectivity index (χ1v) is 5.54. The molecule has 1 aromatic carbocycles. The number of unbranched alkanes of at least 4 members (excludes halogenated alkanes) is 2. The van der Waals surface area contributed by atoms with Gasteiger partial charge in [-0.1, -0.05) is 0 Å². The van der Waals surface area contributed by atoms with Crippen molar-refractivity contribution in [3.8, 4) is 6.07 Å². The van der Waals surface area contributed by atoms with Gasteiger partial charge in [-0.25, -0.2) is 0 Å². The second kappa shape index (κ2) is 7.01. The monoisotopic (exact) mass is 247 g/mol. The van der Waals surface area contributed by atoms with Gasteiger partial charge in [-0.3, -0.25) is 14.9 Å². The van der Waals surface area contributed by atoms with Crippen molar-refractivity contribution in [1.29, 1.82) is 5.26 Å². The lowest BCUT2D eigenvalue weighted by atomic mass is 10.2. The van der Waals surface area contributed by atoms with Crippen LogP contribution in [0.3, 0.4) is 0 Å². The van der Waals surface area contributed by atoms with Crippen LogP contribution in [0.1, 0.15) is 29.6 Å². The maximum atomic E-state index is 11.6. The van der Waals surface area contributed by atoms with Gasteiger partial charge in [0.15, 0.2) is 0 Å². The smallest absolute Gasteiger partial charge is 0.269 e. The SMILES string of the molecule is N#CCCCCNC(=O)c1ccc([N+](=O)[O-])cc1. The third-order valence-corrected chi connectivity index (χ3v) is 2.34. The lowest BCUT2D eigenvalue weighted by Crippen LogP contribution is -2.24. The van der Waals surface area contributed by atoms with Crippen LogP contribution in [0.4, 0.5) is 5.69 Å². The first-order valence-electron chi connectivity index (χ1n) is 5.54. The maximum Gasteiger partial charge on any atom is 0.269 e. The highest BCUT2D eigenvalue weighted by molar-refractivity contribution is 5.94. The number of benzene rings is 1. The fourth-order valence-electron chi connectivity index (χ4n) is 1.37. The molecule has 1 amide bonds. The first-order chi connectivity index (χ1) is 8.65. The van der Waals surface area contributed by atoms with E-state index < -0.39 is 4.92 Å². The average Bonchev–Trinajstić information content (AvgIpc) is 2.38. The minimum absolute atomic E-state index is 0.0411. The molecule has 0 radical (unpaired) electrons. The van der Waals surface area contributed by atoms with Gasteiger partial charge in [0.1, 0.15) is 0 Å². The molecule has 94 valence electrons. The molecule has 0 heterocycles. The molecule has 0 unspecified atom stereocenters. The molecule has 18 heavy (non-hydrogen) atoms. The quantitative estimate of drug-likeness (QED) is 0.472. The molecule has 0 bridgehead atoms. The molecule has 0 aliphatic heterocycles. The molecule has 0 aliphatic rings. The van der Waals surface area contributed by atoms with Gasteiger partial charge in [-0.05, 0) is 25.0 Å². The number of non-ortho nitro benzene ring substituents is 1. The van der Waals surface area contributed by atoms with Crippen molar-refractivity contribution >= 4 is 11.6 Å². The lowest BCUT2D eigenvalue weighted by molar-refractivity contribution is -0.384. The standard InChI is InChI=1S/C12H13N3O3/c13-8-2-1-3-9-14-12(16)10-4-6-11(7-5-10)15(17)18/h4-7H,1-3,9H2,(H,14,16). The van der Waals surface area contributed by atoms with Crippen LogP contribution in [0.25, 0.3) is 0 Å². The van der Waals surface area contributed by atoms with Crippen molar-refractivity contribution in [2.45, 2.75) is 19.3 Å². The predicted molar refractivity (Wildman–Crippen MR) is 64.9 cm³/mol. The summed E-state index contributed by atoms with van der Waals surface area (Å²) in [6, 6.07) is 7.46. The molecule has 0 aromatic heterocycles. The van der Waals surface area contributed by atoms with Crippen LogP contribution in [-0.2, 0) is 0 Å². The third-order valence-electron chi connectivity index (χ3n) is 2.34. The number of nitro benzene ring substituents is 1. The maximum absolute atomic E-state index is 11.6. The Balaban J connectivity index is 2.42. The number of rotatable bonds is 6. The molecule has 0 fully saturated rings. The molecule has 0 saturated heterocycles. The third kappa shape index (κ3) is 4.22. The van der Waals surface area contributed by atoms with Gasteiger partial charge in [-0.2, -0.15) is 5.26 Å². The van der Waals surface area contributed by atoms with Gasteiger partial charge < -0.3 is 5.32 Å². The predicted octanol–water partition coefficient (Wildman–Crippen LogP) is 2.02. The topological polar surface area (TPSA) is 96.0 Å². The number of amides is 1. The molecule has 0 spiro atoms. The van der Waals surface area contributed by atoms with Crippen LogP contribution in [0.5, 0.6) is 0 Å². The van der Waals surface area contributed by atoms with Crippen LogP contribution in [0, 0.1) is 21.4 Å². The fourth-order valence-corrected chi connectivity index (χ4v) is 1.37. The largest absolute Gasteiger partial charge is 0.352 e. The highest BCUT2D eigenvalue weighted by atomic mass is 16.6. The Bertz CT molecular complexity index is 462. The van der Waals surface area contributed by atoms with Gasteiger partial charge in [0.25, 0.3) is 11.6 Å². The lowest BCUT2D eigenvalue weighted by Gasteiger charge is -2.03. The number of carbonyl (C=O) groups is 1. The molecule has 0 atom stereocenters. The molecule has 0 aliphatic carbocycles. The number of hydrogen-bond acceptors (Lipinski definition) is 4. The number of carbonyl (C=O) groups excluding carboxylic acids is 1. The van der Waals surface area contributed by atoms with E-state index in [2.05, 4.69) is 5.32 Å². The van der Waals surface area contributed by atoms with E-state index in [0.717, 1.165) is 12.8 Å². The Labute approximate surface area is 104 Å². The first kappa shape index (κ1) is 13.6. The van der Waals surface area contributed by atoms with Gasteiger partial charge in [0.05, 0.1) is 11.0 Å². The van der Waals surface area contributed by atoms with Gasteiger partial charge in [0.2, 0.25) is 0 Å². The zero-order valence-electron chi connectivity index (χ0n) is 9.76. The Kier molecular flexibility index (Phi) is 5.32. The normalized spacial score (nSPS) is 9.50. The number of hydrogen-bond donors (Lipinski definition) is 1. The Morgan fingerprint density at radius 1 is 1.33 bits per heavy atom. The van der Waals surface area contributed by atoms with Crippen molar-refractivity contribution in [2.24, 2.45) is 0 Å². The summed E-state index contributed by atoms with van der Waals surface area (Å²) in [5.41, 5.74) is 0.349. The summed E-state index contributed by atoms with van der Waals surface area (Å²) < 4.78 is 0. The Hall–Kier alpha value is -2.42. The summed E-state index contributed by atoms with van der Waals surface area (Å²) in [5, 5.41) is 21.5. The summed E-state index contributed by atoms with van der Waals surface area (Å²) in [7, 11) is 0. The molecule has 1 N–H and O–H groups in total. The minimum Gasteiger partial charge on any atom is -0.352 e. The van der Waals surface area contributed by atoms with Crippen LogP contribution in [0.2, 0.25) is 0 Å². The van der Waals surface area contributed by atoms with Crippen LogP contribution in [-0.4, -0.2) is 17.4 Å². The van der Waals surface area contributed by atoms with Crippen molar-refractivity contribution in [2.75, 3.05) is 6.54 Å². The van der Waals surface area contributed by atoms with E-state index in [-0.39, 0.29) is 11.6 Å². The van der Waals surface area contributed by atoms with Crippen LogP contribution < -0.4 is 5.32 Å². The van der Waals surface area contributed by atoms with E-state index in [0.29, 0.717) is 18.5 Å². The zero-order valence-corrected chi connectivity index (χ0v) is 9.76. The van der Waals surface area contributed by atoms with Crippen molar-refractivity contribution in [1.82, 2.24) is 5.32 Å². The van der Waals surface area contributed by atoms with E-state index in [1.807, 2.05) is 6.07 Å². The molecule has 1 aromatic rings. The van der Waals surface area contributed by atoms with Crippen LogP contribution >= 0.6 is 0 Å². The van der Waals surface area contributed by atoms with E-state index in [1.54, 1.807) is 0 Å². The van der Waals surface area contributed by atoms with E-state index in [4.69, 9.17) is 5.26 Å². The summed E-state index contributed by atoms with van der Waals surface area (Å²) in [4.78, 5) is 21.5. The van der Waals surface area contributed by atoms with E-state index in [9.17, 15) is 14.9 Å². The summed E-state index contributed by atoms with van der Waals surface area (Å²) in [6.45, 7) is 0.498. The van der Waals surface area contributed by atoms with E-state index >= 15 is 0 Å². The average molecular weight is 247 g/mol.